The highest BCUT2D eigenvalue weighted by Crippen LogP contribution is 2.22. The molecule has 1 heterocycles. The van der Waals surface area contributed by atoms with Crippen LogP contribution in [0.2, 0.25) is 0 Å². The lowest BCUT2D eigenvalue weighted by molar-refractivity contribution is 0.626. The van der Waals surface area contributed by atoms with E-state index >= 15 is 0 Å². The first-order valence-corrected chi connectivity index (χ1v) is 6.70. The lowest BCUT2D eigenvalue weighted by Gasteiger charge is -2.05. The molecule has 0 bridgehead atoms. The predicted molar refractivity (Wildman–Crippen MR) is 72.2 cm³/mol. The zero-order chi connectivity index (χ0) is 13.8. The minimum Gasteiger partial charge on any atom is -0.228 e. The van der Waals surface area contributed by atoms with Gasteiger partial charge in [-0.2, -0.15) is 5.26 Å². The normalized spacial score (nSPS) is 10.2. The fourth-order valence-electron chi connectivity index (χ4n) is 1.69. The Morgan fingerprint density at radius 2 is 1.89 bits per heavy atom. The molecule has 0 saturated heterocycles. The summed E-state index contributed by atoms with van der Waals surface area (Å²) in [7, 11) is 0. The zero-order valence-electron chi connectivity index (χ0n) is 10.6. The summed E-state index contributed by atoms with van der Waals surface area (Å²) in [5.41, 5.74) is 2.94. The van der Waals surface area contributed by atoms with Gasteiger partial charge in [-0.25, -0.2) is 14.4 Å². The second-order valence-corrected chi connectivity index (χ2v) is 5.08. The van der Waals surface area contributed by atoms with Crippen molar-refractivity contribution < 1.29 is 4.39 Å². The van der Waals surface area contributed by atoms with Crippen molar-refractivity contribution in [2.75, 3.05) is 0 Å². The van der Waals surface area contributed by atoms with E-state index in [0.717, 1.165) is 11.4 Å². The molecule has 1 aromatic carbocycles. The van der Waals surface area contributed by atoms with Crippen molar-refractivity contribution in [2.24, 2.45) is 0 Å². The van der Waals surface area contributed by atoms with Crippen molar-refractivity contribution in [3.05, 3.63) is 52.6 Å². The van der Waals surface area contributed by atoms with Gasteiger partial charge in [0.15, 0.2) is 5.16 Å². The summed E-state index contributed by atoms with van der Waals surface area (Å²) in [6.07, 6.45) is 0. The quantitative estimate of drug-likeness (QED) is 0.635. The third-order valence-electron chi connectivity index (χ3n) is 2.51. The van der Waals surface area contributed by atoms with Crippen LogP contribution in [0.1, 0.15) is 22.5 Å². The molecule has 0 spiro atoms. The van der Waals surface area contributed by atoms with Gasteiger partial charge >= 0.3 is 0 Å². The lowest BCUT2D eigenvalue weighted by atomic mass is 10.1. The molecule has 0 aliphatic rings. The Morgan fingerprint density at radius 3 is 2.53 bits per heavy atom. The van der Waals surface area contributed by atoms with Crippen LogP contribution in [0.5, 0.6) is 0 Å². The van der Waals surface area contributed by atoms with Crippen molar-refractivity contribution in [2.45, 2.75) is 24.8 Å². The smallest absolute Gasteiger partial charge is 0.188 e. The van der Waals surface area contributed by atoms with Gasteiger partial charge in [0.25, 0.3) is 0 Å². The Labute approximate surface area is 115 Å². The number of hydrogen-bond donors (Lipinski definition) is 0. The van der Waals surface area contributed by atoms with Gasteiger partial charge in [0, 0.05) is 17.1 Å². The van der Waals surface area contributed by atoms with Gasteiger partial charge in [-0.15, -0.1) is 0 Å². The molecule has 0 N–H and O–H groups in total. The molecule has 2 aromatic rings. The Hall–Kier alpha value is -1.93. The largest absolute Gasteiger partial charge is 0.228 e. The highest BCUT2D eigenvalue weighted by atomic mass is 32.2. The van der Waals surface area contributed by atoms with E-state index in [9.17, 15) is 4.39 Å². The highest BCUT2D eigenvalue weighted by molar-refractivity contribution is 7.98. The number of hydrogen-bond acceptors (Lipinski definition) is 4. The van der Waals surface area contributed by atoms with E-state index < -0.39 is 0 Å². The van der Waals surface area contributed by atoms with Gasteiger partial charge in [0.2, 0.25) is 0 Å². The second-order valence-electron chi connectivity index (χ2n) is 4.14. The van der Waals surface area contributed by atoms with E-state index in [1.54, 1.807) is 0 Å². The monoisotopic (exact) mass is 273 g/mol. The lowest BCUT2D eigenvalue weighted by Crippen LogP contribution is -1.95. The average Bonchev–Trinajstić information content (AvgIpc) is 2.35. The van der Waals surface area contributed by atoms with Crippen LogP contribution in [-0.4, -0.2) is 9.97 Å². The van der Waals surface area contributed by atoms with Crippen LogP contribution in [0.3, 0.4) is 0 Å². The van der Waals surface area contributed by atoms with Gasteiger partial charge in [0.05, 0.1) is 11.6 Å². The van der Waals surface area contributed by atoms with Crippen LogP contribution in [0, 0.1) is 31.0 Å². The Morgan fingerprint density at radius 1 is 1.21 bits per heavy atom. The molecule has 0 unspecified atom stereocenters. The molecular weight excluding hydrogens is 261 g/mol. The molecule has 0 radical (unpaired) electrons. The van der Waals surface area contributed by atoms with Gasteiger partial charge in [-0.1, -0.05) is 11.8 Å². The number of thioether (sulfide) groups is 1. The van der Waals surface area contributed by atoms with Crippen LogP contribution < -0.4 is 0 Å². The molecule has 2 rings (SSSR count). The highest BCUT2D eigenvalue weighted by Gasteiger charge is 2.07. The Balaban J connectivity index is 2.19. The molecular formula is C14H12FN3S. The Bertz CT molecular complexity index is 629. The number of rotatable bonds is 3. The molecule has 3 nitrogen and oxygen atoms in total. The minimum absolute atomic E-state index is 0.337. The Kier molecular flexibility index (Phi) is 4.13. The molecule has 0 amide bonds. The third-order valence-corrected chi connectivity index (χ3v) is 3.40. The summed E-state index contributed by atoms with van der Waals surface area (Å²) in [4.78, 5) is 8.60. The minimum atomic E-state index is -0.337. The van der Waals surface area contributed by atoms with E-state index in [1.165, 1.54) is 30.0 Å². The molecule has 19 heavy (non-hydrogen) atoms. The molecule has 0 aliphatic heterocycles. The van der Waals surface area contributed by atoms with Crippen molar-refractivity contribution in [3.8, 4) is 6.07 Å². The van der Waals surface area contributed by atoms with Gasteiger partial charge in [-0.05, 0) is 43.7 Å². The van der Waals surface area contributed by atoms with Crippen molar-refractivity contribution >= 4 is 11.8 Å². The number of aryl methyl sites for hydroxylation is 2. The van der Waals surface area contributed by atoms with Crippen molar-refractivity contribution in [3.63, 3.8) is 0 Å². The number of aromatic nitrogens is 2. The first-order chi connectivity index (χ1) is 9.08. The van der Waals surface area contributed by atoms with E-state index in [1.807, 2.05) is 19.9 Å². The van der Waals surface area contributed by atoms with E-state index in [-0.39, 0.29) is 5.82 Å². The van der Waals surface area contributed by atoms with Gasteiger partial charge in [0.1, 0.15) is 5.82 Å². The van der Waals surface area contributed by atoms with Crippen molar-refractivity contribution in [1.29, 1.82) is 5.26 Å². The summed E-state index contributed by atoms with van der Waals surface area (Å²) in [6, 6.07) is 8.13. The van der Waals surface area contributed by atoms with E-state index in [4.69, 9.17) is 5.26 Å². The predicted octanol–water partition coefficient (Wildman–Crippen LogP) is 3.40. The van der Waals surface area contributed by atoms with E-state index in [0.29, 0.717) is 22.0 Å². The summed E-state index contributed by atoms with van der Waals surface area (Å²) in [6.45, 7) is 3.81. The topological polar surface area (TPSA) is 49.6 Å². The fourth-order valence-corrected chi connectivity index (χ4v) is 2.63. The summed E-state index contributed by atoms with van der Waals surface area (Å²) >= 11 is 1.40. The zero-order valence-corrected chi connectivity index (χ0v) is 11.5. The van der Waals surface area contributed by atoms with Gasteiger partial charge < -0.3 is 0 Å². The van der Waals surface area contributed by atoms with Crippen LogP contribution >= 0.6 is 11.8 Å². The maximum Gasteiger partial charge on any atom is 0.188 e. The maximum absolute atomic E-state index is 13.2. The van der Waals surface area contributed by atoms with Crippen LogP contribution in [0.25, 0.3) is 0 Å². The second kappa shape index (κ2) is 5.81. The van der Waals surface area contributed by atoms with Gasteiger partial charge in [-0.3, -0.25) is 0 Å². The number of benzene rings is 1. The van der Waals surface area contributed by atoms with E-state index in [2.05, 4.69) is 16.0 Å². The van der Waals surface area contributed by atoms with Crippen LogP contribution in [0.4, 0.5) is 4.39 Å². The SMILES string of the molecule is Cc1cc(C)nc(SCc2cc(F)ccc2C#N)n1. The number of nitrogens with zero attached hydrogens (tertiary/aromatic N) is 3. The molecule has 0 aliphatic carbocycles. The summed E-state index contributed by atoms with van der Waals surface area (Å²) < 4.78 is 13.2. The number of halogens is 1. The maximum atomic E-state index is 13.2. The van der Waals surface area contributed by atoms with Crippen LogP contribution in [0.15, 0.2) is 29.4 Å². The molecule has 0 saturated carbocycles. The fraction of sp³-hybridized carbons (Fsp3) is 0.214. The standard InChI is InChI=1S/C14H12FN3S/c1-9-5-10(2)18-14(17-9)19-8-12-6-13(15)4-3-11(12)7-16/h3-6H,8H2,1-2H3. The molecule has 5 heteroatoms. The molecule has 0 fully saturated rings. The first kappa shape index (κ1) is 13.5. The molecule has 1 aromatic heterocycles. The van der Waals surface area contributed by atoms with Crippen molar-refractivity contribution in [1.82, 2.24) is 9.97 Å². The molecule has 0 atom stereocenters. The summed E-state index contributed by atoms with van der Waals surface area (Å²) in [5, 5.41) is 9.63. The first-order valence-electron chi connectivity index (χ1n) is 5.72. The van der Waals surface area contributed by atoms with Crippen LogP contribution in [-0.2, 0) is 5.75 Å². The summed E-state index contributed by atoms with van der Waals surface area (Å²) in [5.74, 6) is 0.139. The molecule has 96 valence electrons. The number of nitriles is 1. The third kappa shape index (κ3) is 3.52. The average molecular weight is 273 g/mol.